The number of aliphatic hydroxyl groups excluding tert-OH is 5. The van der Waals surface area contributed by atoms with Gasteiger partial charge in [-0.1, -0.05) is 17.7 Å². The molecule has 1 aliphatic heterocycles. The van der Waals surface area contributed by atoms with Crippen LogP contribution in [0.3, 0.4) is 0 Å². The summed E-state index contributed by atoms with van der Waals surface area (Å²) in [6.07, 6.45) is -1.99. The molecular weight excluding hydrogens is 380 g/mol. The maximum Gasteiger partial charge on any atom is 0.187 e. The Morgan fingerprint density at radius 2 is 1.79 bits per heavy atom. The van der Waals surface area contributed by atoms with Gasteiger partial charge in [0.1, 0.15) is 24.4 Å². The Balaban J connectivity index is 2.59. The molecule has 0 aromatic carbocycles. The molecule has 1 aliphatic rings. The smallest absolute Gasteiger partial charge is 0.187 e. The maximum atomic E-state index is 10.6. The first-order valence-corrected chi connectivity index (χ1v) is 10.0. The number of hydrogen-bond donors (Lipinski definition) is 6. The van der Waals surface area contributed by atoms with Crippen LogP contribution in [0.5, 0.6) is 0 Å². The SMILES string of the molecule is C=CC(C)(O)CC/C=C(\C)CCC(O)C(C)(C)O[C@@H]1O[C@H](CO)[C@@H](O)[C@H](O)[C@H]1O. The van der Waals surface area contributed by atoms with Crippen molar-refractivity contribution in [2.75, 3.05) is 6.61 Å². The fraction of sp³-hybridized carbons (Fsp3) is 0.810. The average molecular weight is 419 g/mol. The monoisotopic (exact) mass is 418 g/mol. The third kappa shape index (κ3) is 7.73. The first kappa shape index (κ1) is 26.2. The quantitative estimate of drug-likeness (QED) is 0.265. The van der Waals surface area contributed by atoms with Crippen LogP contribution in [-0.2, 0) is 9.47 Å². The zero-order valence-electron chi connectivity index (χ0n) is 17.9. The molecule has 8 heteroatoms. The second kappa shape index (κ2) is 11.0. The van der Waals surface area contributed by atoms with Crippen molar-refractivity contribution in [3.63, 3.8) is 0 Å². The van der Waals surface area contributed by atoms with Gasteiger partial charge < -0.3 is 40.1 Å². The summed E-state index contributed by atoms with van der Waals surface area (Å²) in [5.41, 5.74) is -0.953. The molecule has 0 aromatic rings. The van der Waals surface area contributed by atoms with Crippen LogP contribution in [0.25, 0.3) is 0 Å². The summed E-state index contributed by atoms with van der Waals surface area (Å²) in [4.78, 5) is 0. The molecule has 0 radical (unpaired) electrons. The lowest BCUT2D eigenvalue weighted by Crippen LogP contribution is -2.61. The highest BCUT2D eigenvalue weighted by molar-refractivity contribution is 5.02. The van der Waals surface area contributed by atoms with Gasteiger partial charge in [0, 0.05) is 0 Å². The van der Waals surface area contributed by atoms with Gasteiger partial charge in [-0.25, -0.2) is 0 Å². The van der Waals surface area contributed by atoms with E-state index in [9.17, 15) is 30.6 Å². The van der Waals surface area contributed by atoms with Crippen LogP contribution in [0.1, 0.15) is 53.4 Å². The van der Waals surface area contributed by atoms with E-state index in [1.807, 2.05) is 13.0 Å². The Hall–Kier alpha value is -0.840. The van der Waals surface area contributed by atoms with Gasteiger partial charge in [-0.15, -0.1) is 6.58 Å². The van der Waals surface area contributed by atoms with Crippen molar-refractivity contribution in [3.8, 4) is 0 Å². The largest absolute Gasteiger partial charge is 0.394 e. The number of aliphatic hydroxyl groups is 6. The zero-order valence-corrected chi connectivity index (χ0v) is 17.9. The molecule has 29 heavy (non-hydrogen) atoms. The van der Waals surface area contributed by atoms with Crippen LogP contribution in [0.15, 0.2) is 24.3 Å². The molecule has 170 valence electrons. The van der Waals surface area contributed by atoms with Crippen molar-refractivity contribution in [2.45, 2.75) is 101 Å². The summed E-state index contributed by atoms with van der Waals surface area (Å²) in [5, 5.41) is 59.6. The highest BCUT2D eigenvalue weighted by Crippen LogP contribution is 2.29. The molecule has 0 saturated carbocycles. The van der Waals surface area contributed by atoms with Gasteiger partial charge in [0.15, 0.2) is 6.29 Å². The lowest BCUT2D eigenvalue weighted by atomic mass is 9.93. The highest BCUT2D eigenvalue weighted by Gasteiger charge is 2.46. The molecule has 0 aliphatic carbocycles. The van der Waals surface area contributed by atoms with E-state index in [0.29, 0.717) is 25.7 Å². The fourth-order valence-corrected chi connectivity index (χ4v) is 3.07. The van der Waals surface area contributed by atoms with E-state index in [0.717, 1.165) is 5.57 Å². The summed E-state index contributed by atoms with van der Waals surface area (Å²) in [6, 6.07) is 0. The van der Waals surface area contributed by atoms with Gasteiger partial charge in [0.2, 0.25) is 0 Å². The van der Waals surface area contributed by atoms with Crippen LogP contribution in [-0.4, -0.2) is 85.3 Å². The predicted molar refractivity (Wildman–Crippen MR) is 108 cm³/mol. The number of allylic oxidation sites excluding steroid dienone is 2. The molecule has 0 amide bonds. The molecular formula is C21H38O8. The summed E-state index contributed by atoms with van der Waals surface area (Å²) in [6.45, 7) is 9.98. The molecule has 1 heterocycles. The van der Waals surface area contributed by atoms with Gasteiger partial charge in [0.05, 0.1) is 23.9 Å². The normalized spacial score (nSPS) is 31.9. The van der Waals surface area contributed by atoms with E-state index in [4.69, 9.17) is 9.47 Å². The molecule has 0 bridgehead atoms. The number of rotatable bonds is 11. The standard InChI is InChI=1S/C21H38O8/c1-6-21(5,27)11-7-8-13(2)9-10-15(23)20(3,4)29-19-18(26)17(25)16(24)14(12-22)28-19/h6,8,14-19,22-27H,1,7,9-12H2,2-5H3/b13-8+/t14-,15?,16-,17+,18-,19+,21?/m1/s1. The van der Waals surface area contributed by atoms with Crippen LogP contribution < -0.4 is 0 Å². The molecule has 0 spiro atoms. The van der Waals surface area contributed by atoms with Crippen LogP contribution in [0, 0.1) is 0 Å². The van der Waals surface area contributed by atoms with Crippen molar-refractivity contribution in [1.29, 1.82) is 0 Å². The fourth-order valence-electron chi connectivity index (χ4n) is 3.07. The molecule has 1 saturated heterocycles. The molecule has 6 N–H and O–H groups in total. The van der Waals surface area contributed by atoms with Crippen molar-refractivity contribution in [3.05, 3.63) is 24.3 Å². The van der Waals surface area contributed by atoms with Crippen LogP contribution in [0.2, 0.25) is 0 Å². The predicted octanol–water partition coefficient (Wildman–Crippen LogP) is 0.386. The van der Waals surface area contributed by atoms with E-state index in [-0.39, 0.29) is 0 Å². The van der Waals surface area contributed by atoms with Crippen LogP contribution in [0.4, 0.5) is 0 Å². The van der Waals surface area contributed by atoms with Gasteiger partial charge in [-0.2, -0.15) is 0 Å². The Morgan fingerprint density at radius 3 is 2.34 bits per heavy atom. The molecule has 1 fully saturated rings. The zero-order chi connectivity index (χ0) is 22.4. The molecule has 8 nitrogen and oxygen atoms in total. The first-order valence-electron chi connectivity index (χ1n) is 10.0. The molecule has 1 rings (SSSR count). The van der Waals surface area contributed by atoms with Gasteiger partial charge in [0.25, 0.3) is 0 Å². The van der Waals surface area contributed by atoms with Crippen molar-refractivity contribution in [2.24, 2.45) is 0 Å². The Kier molecular flexibility index (Phi) is 9.91. The lowest BCUT2D eigenvalue weighted by Gasteiger charge is -2.43. The Morgan fingerprint density at radius 1 is 1.17 bits per heavy atom. The van der Waals surface area contributed by atoms with Crippen molar-refractivity contribution >= 4 is 0 Å². The van der Waals surface area contributed by atoms with E-state index >= 15 is 0 Å². The second-order valence-corrected chi connectivity index (χ2v) is 8.62. The molecule has 2 unspecified atom stereocenters. The summed E-state index contributed by atoms with van der Waals surface area (Å²) < 4.78 is 11.1. The average Bonchev–Trinajstić information content (AvgIpc) is 2.66. The van der Waals surface area contributed by atoms with Gasteiger partial charge >= 0.3 is 0 Å². The first-order chi connectivity index (χ1) is 13.3. The third-order valence-electron chi connectivity index (χ3n) is 5.47. The Labute approximate surface area is 173 Å². The number of ether oxygens (including phenoxy) is 2. The van der Waals surface area contributed by atoms with Gasteiger partial charge in [-0.3, -0.25) is 0 Å². The van der Waals surface area contributed by atoms with Crippen molar-refractivity contribution in [1.82, 2.24) is 0 Å². The summed E-state index contributed by atoms with van der Waals surface area (Å²) in [7, 11) is 0. The summed E-state index contributed by atoms with van der Waals surface area (Å²) >= 11 is 0. The van der Waals surface area contributed by atoms with Crippen LogP contribution >= 0.6 is 0 Å². The minimum Gasteiger partial charge on any atom is -0.394 e. The van der Waals surface area contributed by atoms with Gasteiger partial charge in [-0.05, 0) is 53.4 Å². The minimum atomic E-state index is -1.53. The summed E-state index contributed by atoms with van der Waals surface area (Å²) in [5.74, 6) is 0. The Bertz CT molecular complexity index is 543. The molecule has 0 aromatic heterocycles. The van der Waals surface area contributed by atoms with E-state index in [2.05, 4.69) is 6.58 Å². The van der Waals surface area contributed by atoms with E-state index in [1.165, 1.54) is 6.08 Å². The highest BCUT2D eigenvalue weighted by atomic mass is 16.7. The maximum absolute atomic E-state index is 10.6. The van der Waals surface area contributed by atoms with Crippen molar-refractivity contribution < 1.29 is 40.1 Å². The second-order valence-electron chi connectivity index (χ2n) is 8.62. The number of hydrogen-bond acceptors (Lipinski definition) is 8. The minimum absolute atomic E-state index is 0.393. The topological polar surface area (TPSA) is 140 Å². The van der Waals surface area contributed by atoms with E-state index in [1.54, 1.807) is 20.8 Å². The lowest BCUT2D eigenvalue weighted by molar-refractivity contribution is -0.331. The van der Waals surface area contributed by atoms with E-state index < -0.39 is 54.6 Å². The third-order valence-corrected chi connectivity index (χ3v) is 5.47. The molecule has 7 atom stereocenters.